The van der Waals surface area contributed by atoms with Crippen LogP contribution in [0.3, 0.4) is 0 Å². The van der Waals surface area contributed by atoms with Gasteiger partial charge in [0.15, 0.2) is 10.8 Å². The molecule has 0 aliphatic carbocycles. The summed E-state index contributed by atoms with van der Waals surface area (Å²) < 4.78 is 0. The highest BCUT2D eigenvalue weighted by Crippen LogP contribution is 2.25. The normalized spacial score (nSPS) is 10.5. The van der Waals surface area contributed by atoms with Gasteiger partial charge in [-0.25, -0.2) is 15.0 Å². The number of aromatic nitrogens is 3. The second-order valence-corrected chi connectivity index (χ2v) is 5.23. The van der Waals surface area contributed by atoms with E-state index in [2.05, 4.69) is 20.3 Å². The zero-order valence-corrected chi connectivity index (χ0v) is 12.1. The summed E-state index contributed by atoms with van der Waals surface area (Å²) in [7, 11) is 1.86. The minimum absolute atomic E-state index is 0.661. The number of nitrogens with zero attached hydrogens (tertiary/aromatic N) is 3. The Bertz CT molecular complexity index is 722. The van der Waals surface area contributed by atoms with Crippen molar-refractivity contribution in [1.29, 1.82) is 0 Å². The number of benzene rings is 1. The van der Waals surface area contributed by atoms with E-state index >= 15 is 0 Å². The molecule has 3 rings (SSSR count). The largest absolute Gasteiger partial charge is 0.373 e. The van der Waals surface area contributed by atoms with Crippen LogP contribution in [0.1, 0.15) is 5.69 Å². The first-order chi connectivity index (χ1) is 9.76. The van der Waals surface area contributed by atoms with E-state index < -0.39 is 0 Å². The van der Waals surface area contributed by atoms with E-state index in [1.165, 1.54) is 0 Å². The standard InChI is InChI=1S/C15H14N4S/c1-10-9-20-15(17-10)14-18-12(8-13(16-2)19-14)11-6-4-3-5-7-11/h3-9H,1-2H3,(H,16,18,19). The molecule has 1 N–H and O–H groups in total. The van der Waals surface area contributed by atoms with Crippen LogP contribution >= 0.6 is 11.3 Å². The highest BCUT2D eigenvalue weighted by Gasteiger charge is 2.10. The second-order valence-electron chi connectivity index (χ2n) is 4.37. The molecule has 2 heterocycles. The van der Waals surface area contributed by atoms with E-state index in [0.717, 1.165) is 27.8 Å². The fourth-order valence-corrected chi connectivity index (χ4v) is 2.61. The first-order valence-electron chi connectivity index (χ1n) is 6.31. The van der Waals surface area contributed by atoms with Crippen molar-refractivity contribution in [2.45, 2.75) is 6.92 Å². The molecule has 0 unspecified atom stereocenters. The summed E-state index contributed by atoms with van der Waals surface area (Å²) >= 11 is 1.56. The van der Waals surface area contributed by atoms with E-state index in [1.54, 1.807) is 11.3 Å². The summed E-state index contributed by atoms with van der Waals surface area (Å²) in [6.45, 7) is 1.97. The SMILES string of the molecule is CNc1cc(-c2ccccc2)nc(-c2nc(C)cs2)n1. The van der Waals surface area contributed by atoms with Crippen molar-refractivity contribution in [3.63, 3.8) is 0 Å². The quantitative estimate of drug-likeness (QED) is 0.797. The van der Waals surface area contributed by atoms with Gasteiger partial charge >= 0.3 is 0 Å². The molecule has 0 aliphatic rings. The van der Waals surface area contributed by atoms with Crippen LogP contribution in [-0.2, 0) is 0 Å². The number of thiazole rings is 1. The Balaban J connectivity index is 2.12. The van der Waals surface area contributed by atoms with Crippen LogP contribution in [0.2, 0.25) is 0 Å². The molecule has 20 heavy (non-hydrogen) atoms. The maximum atomic E-state index is 4.63. The van der Waals surface area contributed by atoms with Crippen LogP contribution in [-0.4, -0.2) is 22.0 Å². The first-order valence-corrected chi connectivity index (χ1v) is 7.19. The number of anilines is 1. The van der Waals surface area contributed by atoms with Gasteiger partial charge < -0.3 is 5.32 Å². The molecule has 0 radical (unpaired) electrons. The van der Waals surface area contributed by atoms with Crippen molar-refractivity contribution in [2.75, 3.05) is 12.4 Å². The number of rotatable bonds is 3. The lowest BCUT2D eigenvalue weighted by atomic mass is 10.1. The highest BCUT2D eigenvalue weighted by molar-refractivity contribution is 7.13. The van der Waals surface area contributed by atoms with Crippen molar-refractivity contribution >= 4 is 17.2 Å². The van der Waals surface area contributed by atoms with Gasteiger partial charge in [-0.05, 0) is 6.92 Å². The predicted octanol–water partition coefficient (Wildman–Crippen LogP) is 3.62. The summed E-state index contributed by atoms with van der Waals surface area (Å²) in [5.41, 5.74) is 2.96. The molecule has 0 saturated carbocycles. The van der Waals surface area contributed by atoms with Crippen LogP contribution in [0.25, 0.3) is 22.1 Å². The molecule has 0 bridgehead atoms. The Labute approximate surface area is 121 Å². The molecule has 0 spiro atoms. The summed E-state index contributed by atoms with van der Waals surface area (Å²) in [5.74, 6) is 1.45. The smallest absolute Gasteiger partial charge is 0.191 e. The van der Waals surface area contributed by atoms with Gasteiger partial charge in [-0.2, -0.15) is 0 Å². The van der Waals surface area contributed by atoms with Crippen LogP contribution in [0.4, 0.5) is 5.82 Å². The first kappa shape index (κ1) is 12.7. The Morgan fingerprint density at radius 1 is 1.05 bits per heavy atom. The number of nitrogens with one attached hydrogen (secondary N) is 1. The van der Waals surface area contributed by atoms with Crippen molar-refractivity contribution in [3.8, 4) is 22.1 Å². The Morgan fingerprint density at radius 3 is 2.50 bits per heavy atom. The molecule has 100 valence electrons. The number of hydrogen-bond donors (Lipinski definition) is 1. The Kier molecular flexibility index (Phi) is 3.43. The van der Waals surface area contributed by atoms with Gasteiger partial charge in [0, 0.05) is 29.8 Å². The second kappa shape index (κ2) is 5.38. The molecule has 0 aliphatic heterocycles. The lowest BCUT2D eigenvalue weighted by Gasteiger charge is -2.06. The van der Waals surface area contributed by atoms with Crippen molar-refractivity contribution in [1.82, 2.24) is 15.0 Å². The van der Waals surface area contributed by atoms with Gasteiger partial charge in [-0.1, -0.05) is 30.3 Å². The zero-order valence-electron chi connectivity index (χ0n) is 11.3. The molecule has 0 amide bonds. The summed E-state index contributed by atoms with van der Waals surface area (Å²) in [6, 6.07) is 12.0. The van der Waals surface area contributed by atoms with Gasteiger partial charge in [-0.15, -0.1) is 11.3 Å². The maximum Gasteiger partial charge on any atom is 0.191 e. The minimum atomic E-state index is 0.661. The zero-order chi connectivity index (χ0) is 13.9. The fraction of sp³-hybridized carbons (Fsp3) is 0.133. The molecule has 0 atom stereocenters. The van der Waals surface area contributed by atoms with Gasteiger partial charge in [-0.3, -0.25) is 0 Å². The van der Waals surface area contributed by atoms with Gasteiger partial charge in [0.1, 0.15) is 5.82 Å². The predicted molar refractivity (Wildman–Crippen MR) is 82.9 cm³/mol. The molecule has 3 aromatic rings. The third kappa shape index (κ3) is 2.53. The van der Waals surface area contributed by atoms with Crippen molar-refractivity contribution in [2.24, 2.45) is 0 Å². The third-order valence-electron chi connectivity index (χ3n) is 2.86. The summed E-state index contributed by atoms with van der Waals surface area (Å²) in [6.07, 6.45) is 0. The average molecular weight is 282 g/mol. The molecule has 1 aromatic carbocycles. The van der Waals surface area contributed by atoms with Gasteiger partial charge in [0.25, 0.3) is 0 Å². The maximum absolute atomic E-state index is 4.63. The molecule has 4 nitrogen and oxygen atoms in total. The van der Waals surface area contributed by atoms with E-state index in [9.17, 15) is 0 Å². The topological polar surface area (TPSA) is 50.7 Å². The molecule has 2 aromatic heterocycles. The molecule has 5 heteroatoms. The van der Waals surface area contributed by atoms with Crippen LogP contribution in [0, 0.1) is 6.92 Å². The van der Waals surface area contributed by atoms with Crippen LogP contribution in [0.15, 0.2) is 41.8 Å². The monoisotopic (exact) mass is 282 g/mol. The number of hydrogen-bond acceptors (Lipinski definition) is 5. The van der Waals surface area contributed by atoms with E-state index in [0.29, 0.717) is 5.82 Å². The highest BCUT2D eigenvalue weighted by atomic mass is 32.1. The lowest BCUT2D eigenvalue weighted by Crippen LogP contribution is -1.98. The number of aryl methyl sites for hydroxylation is 1. The van der Waals surface area contributed by atoms with Crippen molar-refractivity contribution < 1.29 is 0 Å². The molecule has 0 fully saturated rings. The molecule has 0 saturated heterocycles. The molecular formula is C15H14N4S. The van der Waals surface area contributed by atoms with Crippen molar-refractivity contribution in [3.05, 3.63) is 47.5 Å². The Morgan fingerprint density at radius 2 is 1.85 bits per heavy atom. The molecular weight excluding hydrogens is 268 g/mol. The summed E-state index contributed by atoms with van der Waals surface area (Å²) in [5, 5.41) is 5.93. The summed E-state index contributed by atoms with van der Waals surface area (Å²) in [4.78, 5) is 13.6. The van der Waals surface area contributed by atoms with Gasteiger partial charge in [0.05, 0.1) is 5.69 Å². The van der Waals surface area contributed by atoms with E-state index in [4.69, 9.17) is 0 Å². The Hall–Kier alpha value is -2.27. The average Bonchev–Trinajstić information content (AvgIpc) is 2.94. The van der Waals surface area contributed by atoms with Gasteiger partial charge in [0.2, 0.25) is 0 Å². The van der Waals surface area contributed by atoms with E-state index in [-0.39, 0.29) is 0 Å². The minimum Gasteiger partial charge on any atom is -0.373 e. The van der Waals surface area contributed by atoms with Crippen LogP contribution < -0.4 is 5.32 Å². The third-order valence-corrected chi connectivity index (χ3v) is 3.82. The van der Waals surface area contributed by atoms with Crippen LogP contribution in [0.5, 0.6) is 0 Å². The fourth-order valence-electron chi connectivity index (χ4n) is 1.88. The lowest BCUT2D eigenvalue weighted by molar-refractivity contribution is 1.14. The van der Waals surface area contributed by atoms with E-state index in [1.807, 2.05) is 55.7 Å².